The standard InChI is InChI=1S/C19H22N2O6S/c1-3-27-14-7-5-13(6-8-14)19(24)20-12-18(23)21-16-11-15(9-10-17(16)22)28(25,26)4-2/h5-11,22H,3-4,12H2,1-2H3,(H,20,24)(H,21,23). The zero-order valence-corrected chi connectivity index (χ0v) is 16.4. The van der Waals surface area contributed by atoms with Crippen LogP contribution in [0.5, 0.6) is 11.5 Å². The lowest BCUT2D eigenvalue weighted by Gasteiger charge is -2.10. The van der Waals surface area contributed by atoms with Crippen LogP contribution in [0.15, 0.2) is 47.4 Å². The van der Waals surface area contributed by atoms with Crippen LogP contribution in [0.25, 0.3) is 0 Å². The van der Waals surface area contributed by atoms with Crippen molar-refractivity contribution in [3.63, 3.8) is 0 Å². The Morgan fingerprint density at radius 2 is 1.75 bits per heavy atom. The molecule has 9 heteroatoms. The van der Waals surface area contributed by atoms with Gasteiger partial charge in [0.15, 0.2) is 9.84 Å². The third-order valence-electron chi connectivity index (χ3n) is 3.82. The minimum Gasteiger partial charge on any atom is -0.506 e. The van der Waals surface area contributed by atoms with Crippen LogP contribution in [0.3, 0.4) is 0 Å². The van der Waals surface area contributed by atoms with Gasteiger partial charge in [-0.25, -0.2) is 8.42 Å². The number of carbonyl (C=O) groups excluding carboxylic acids is 2. The molecular weight excluding hydrogens is 384 g/mol. The Labute approximate surface area is 163 Å². The van der Waals surface area contributed by atoms with Crippen molar-refractivity contribution in [3.05, 3.63) is 48.0 Å². The van der Waals surface area contributed by atoms with Crippen molar-refractivity contribution >= 4 is 27.3 Å². The minimum absolute atomic E-state index is 0.0125. The van der Waals surface area contributed by atoms with Crippen molar-refractivity contribution in [3.8, 4) is 11.5 Å². The lowest BCUT2D eigenvalue weighted by Crippen LogP contribution is -2.32. The van der Waals surface area contributed by atoms with Crippen LogP contribution >= 0.6 is 0 Å². The average Bonchev–Trinajstić information content (AvgIpc) is 2.68. The minimum atomic E-state index is -3.49. The number of rotatable bonds is 8. The fourth-order valence-corrected chi connectivity index (χ4v) is 3.21. The van der Waals surface area contributed by atoms with E-state index in [-0.39, 0.29) is 28.6 Å². The van der Waals surface area contributed by atoms with Crippen LogP contribution in [0, 0.1) is 0 Å². The van der Waals surface area contributed by atoms with Crippen LogP contribution in [0.4, 0.5) is 5.69 Å². The Hall–Kier alpha value is -3.07. The number of nitrogens with one attached hydrogen (secondary N) is 2. The number of benzene rings is 2. The summed E-state index contributed by atoms with van der Waals surface area (Å²) < 4.78 is 29.1. The predicted octanol–water partition coefficient (Wildman–Crippen LogP) is 1.95. The van der Waals surface area contributed by atoms with Crippen LogP contribution in [0.2, 0.25) is 0 Å². The monoisotopic (exact) mass is 406 g/mol. The maximum atomic E-state index is 12.1. The number of phenols is 1. The normalized spacial score (nSPS) is 10.9. The molecule has 8 nitrogen and oxygen atoms in total. The van der Waals surface area contributed by atoms with Gasteiger partial charge in [0.05, 0.1) is 29.5 Å². The maximum absolute atomic E-state index is 12.1. The van der Waals surface area contributed by atoms with Gasteiger partial charge in [-0.2, -0.15) is 0 Å². The Balaban J connectivity index is 1.98. The molecule has 2 amide bonds. The highest BCUT2D eigenvalue weighted by Crippen LogP contribution is 2.26. The fraction of sp³-hybridized carbons (Fsp3) is 0.263. The van der Waals surface area contributed by atoms with E-state index in [0.717, 1.165) is 0 Å². The molecule has 28 heavy (non-hydrogen) atoms. The Bertz CT molecular complexity index is 955. The summed E-state index contributed by atoms with van der Waals surface area (Å²) in [5.74, 6) is -0.815. The number of hydrogen-bond acceptors (Lipinski definition) is 6. The van der Waals surface area contributed by atoms with E-state index in [1.807, 2.05) is 6.92 Å². The van der Waals surface area contributed by atoms with E-state index in [4.69, 9.17) is 4.74 Å². The summed E-state index contributed by atoms with van der Waals surface area (Å²) in [4.78, 5) is 24.2. The second-order valence-electron chi connectivity index (χ2n) is 5.77. The molecule has 0 aliphatic rings. The largest absolute Gasteiger partial charge is 0.506 e. The van der Waals surface area contributed by atoms with Gasteiger partial charge in [0, 0.05) is 5.56 Å². The number of hydrogen-bond donors (Lipinski definition) is 3. The third-order valence-corrected chi connectivity index (χ3v) is 5.55. The molecule has 0 aliphatic heterocycles. The predicted molar refractivity (Wildman–Crippen MR) is 104 cm³/mol. The molecule has 0 saturated heterocycles. The van der Waals surface area contributed by atoms with Crippen molar-refractivity contribution in [2.75, 3.05) is 24.2 Å². The van der Waals surface area contributed by atoms with Gasteiger partial charge in [0.25, 0.3) is 5.91 Å². The van der Waals surface area contributed by atoms with Crippen LogP contribution < -0.4 is 15.4 Å². The van der Waals surface area contributed by atoms with Crippen LogP contribution in [0.1, 0.15) is 24.2 Å². The van der Waals surface area contributed by atoms with Gasteiger partial charge < -0.3 is 20.5 Å². The molecule has 0 atom stereocenters. The highest BCUT2D eigenvalue weighted by atomic mass is 32.2. The SMILES string of the molecule is CCOc1ccc(C(=O)NCC(=O)Nc2cc(S(=O)(=O)CC)ccc2O)cc1. The summed E-state index contributed by atoms with van der Waals surface area (Å²) in [5.41, 5.74) is 0.310. The summed E-state index contributed by atoms with van der Waals surface area (Å²) in [6.07, 6.45) is 0. The number of aromatic hydroxyl groups is 1. The number of carbonyl (C=O) groups is 2. The van der Waals surface area contributed by atoms with Crippen LogP contribution in [-0.2, 0) is 14.6 Å². The summed E-state index contributed by atoms with van der Waals surface area (Å²) >= 11 is 0. The molecule has 3 N–H and O–H groups in total. The van der Waals surface area contributed by atoms with Crippen molar-refractivity contribution in [1.82, 2.24) is 5.32 Å². The Kier molecular flexibility index (Phi) is 7.00. The zero-order valence-electron chi connectivity index (χ0n) is 15.6. The van der Waals surface area contributed by atoms with Gasteiger partial charge in [-0.3, -0.25) is 9.59 Å². The molecule has 0 bridgehead atoms. The van der Waals surface area contributed by atoms with Crippen LogP contribution in [-0.4, -0.2) is 44.2 Å². The molecule has 0 fully saturated rings. The molecule has 0 heterocycles. The van der Waals surface area contributed by atoms with E-state index in [9.17, 15) is 23.1 Å². The number of phenolic OH excluding ortho intramolecular Hbond substituents is 1. The zero-order chi connectivity index (χ0) is 20.7. The second-order valence-corrected chi connectivity index (χ2v) is 8.05. The first-order valence-electron chi connectivity index (χ1n) is 8.63. The van der Waals surface area contributed by atoms with E-state index >= 15 is 0 Å². The first-order valence-corrected chi connectivity index (χ1v) is 10.3. The Morgan fingerprint density at radius 3 is 2.36 bits per heavy atom. The molecule has 2 aromatic rings. The molecule has 0 spiro atoms. The smallest absolute Gasteiger partial charge is 0.251 e. The third kappa shape index (κ3) is 5.46. The van der Waals surface area contributed by atoms with Crippen molar-refractivity contribution in [1.29, 1.82) is 0 Å². The lowest BCUT2D eigenvalue weighted by atomic mass is 10.2. The Morgan fingerprint density at radius 1 is 1.07 bits per heavy atom. The number of amides is 2. The summed E-state index contributed by atoms with van der Waals surface area (Å²) in [6, 6.07) is 10.1. The van der Waals surface area contributed by atoms with Gasteiger partial charge in [-0.15, -0.1) is 0 Å². The molecule has 0 aliphatic carbocycles. The van der Waals surface area contributed by atoms with E-state index in [2.05, 4.69) is 10.6 Å². The number of sulfone groups is 1. The molecule has 0 saturated carbocycles. The molecular formula is C19H22N2O6S. The first-order chi connectivity index (χ1) is 13.3. The highest BCUT2D eigenvalue weighted by molar-refractivity contribution is 7.91. The van der Waals surface area contributed by atoms with Gasteiger partial charge in [0.2, 0.25) is 5.91 Å². The molecule has 2 aromatic carbocycles. The summed E-state index contributed by atoms with van der Waals surface area (Å²) in [6.45, 7) is 3.51. The topological polar surface area (TPSA) is 122 Å². The van der Waals surface area contributed by atoms with Gasteiger partial charge in [-0.05, 0) is 49.4 Å². The lowest BCUT2D eigenvalue weighted by molar-refractivity contribution is -0.115. The molecule has 2 rings (SSSR count). The van der Waals surface area contributed by atoms with Gasteiger partial charge in [0.1, 0.15) is 11.5 Å². The maximum Gasteiger partial charge on any atom is 0.251 e. The highest BCUT2D eigenvalue weighted by Gasteiger charge is 2.16. The average molecular weight is 406 g/mol. The van der Waals surface area contributed by atoms with E-state index < -0.39 is 21.7 Å². The molecule has 150 valence electrons. The van der Waals surface area contributed by atoms with Crippen molar-refractivity contribution in [2.45, 2.75) is 18.7 Å². The summed E-state index contributed by atoms with van der Waals surface area (Å²) in [5, 5.41) is 14.7. The molecule has 0 radical (unpaired) electrons. The second kappa shape index (κ2) is 9.23. The van der Waals surface area contributed by atoms with E-state index in [0.29, 0.717) is 17.9 Å². The summed E-state index contributed by atoms with van der Waals surface area (Å²) in [7, 11) is -3.49. The van der Waals surface area contributed by atoms with Gasteiger partial charge >= 0.3 is 0 Å². The van der Waals surface area contributed by atoms with Gasteiger partial charge in [-0.1, -0.05) is 6.92 Å². The quantitative estimate of drug-likeness (QED) is 0.576. The van der Waals surface area contributed by atoms with E-state index in [1.165, 1.54) is 25.1 Å². The number of anilines is 1. The van der Waals surface area contributed by atoms with Crippen molar-refractivity contribution in [2.24, 2.45) is 0 Å². The number of ether oxygens (including phenoxy) is 1. The fourth-order valence-electron chi connectivity index (χ4n) is 2.30. The molecule has 0 aromatic heterocycles. The van der Waals surface area contributed by atoms with Crippen molar-refractivity contribution < 1.29 is 27.9 Å². The van der Waals surface area contributed by atoms with E-state index in [1.54, 1.807) is 24.3 Å². The first kappa shape index (κ1) is 21.2. The molecule has 0 unspecified atom stereocenters.